The molecule has 2 aliphatic rings. The van der Waals surface area contributed by atoms with Crippen molar-refractivity contribution in [2.75, 3.05) is 18.5 Å². The maximum atomic E-state index is 12.6. The summed E-state index contributed by atoms with van der Waals surface area (Å²) in [6, 6.07) is 13.2. The van der Waals surface area contributed by atoms with Crippen LogP contribution in [0.25, 0.3) is 0 Å². The minimum atomic E-state index is -0.354. The van der Waals surface area contributed by atoms with Crippen molar-refractivity contribution in [3.8, 4) is 11.5 Å². The van der Waals surface area contributed by atoms with E-state index in [0.717, 1.165) is 12.0 Å². The van der Waals surface area contributed by atoms with E-state index in [1.807, 2.05) is 30.3 Å². The third-order valence-electron chi connectivity index (χ3n) is 4.52. The molecule has 0 aromatic heterocycles. The van der Waals surface area contributed by atoms with E-state index in [0.29, 0.717) is 41.8 Å². The highest BCUT2D eigenvalue weighted by Gasteiger charge is 2.30. The number of hydrogen-bond acceptors (Lipinski definition) is 5. The first kappa shape index (κ1) is 17.1. The summed E-state index contributed by atoms with van der Waals surface area (Å²) in [4.78, 5) is 12.6. The summed E-state index contributed by atoms with van der Waals surface area (Å²) >= 11 is 6.30. The molecule has 136 valence electrons. The fourth-order valence-corrected chi connectivity index (χ4v) is 3.33. The fraction of sp³-hybridized carbons (Fsp3) is 0.316. The molecule has 1 saturated heterocycles. The largest absolute Gasteiger partial charge is 0.490 e. The van der Waals surface area contributed by atoms with Gasteiger partial charge < -0.3 is 14.8 Å². The van der Waals surface area contributed by atoms with Crippen LogP contribution in [0.5, 0.6) is 11.5 Å². The Morgan fingerprint density at radius 3 is 2.58 bits per heavy atom. The van der Waals surface area contributed by atoms with Crippen LogP contribution in [0, 0.1) is 0 Å². The van der Waals surface area contributed by atoms with E-state index in [1.54, 1.807) is 12.1 Å². The number of hydrazine groups is 1. The van der Waals surface area contributed by atoms with Gasteiger partial charge in [-0.2, -0.15) is 0 Å². The normalized spacial score (nSPS) is 21.9. The van der Waals surface area contributed by atoms with Gasteiger partial charge in [0.15, 0.2) is 11.5 Å². The summed E-state index contributed by atoms with van der Waals surface area (Å²) in [6.45, 7) is 1.17. The molecule has 0 bridgehead atoms. The summed E-state index contributed by atoms with van der Waals surface area (Å²) < 4.78 is 11.3. The van der Waals surface area contributed by atoms with E-state index < -0.39 is 0 Å². The number of fused-ring (bicyclic) bond motifs is 1. The van der Waals surface area contributed by atoms with E-state index >= 15 is 0 Å². The molecular formula is C19H20ClN3O3. The lowest BCUT2D eigenvalue weighted by molar-refractivity contribution is -0.117. The van der Waals surface area contributed by atoms with Crippen LogP contribution in [-0.4, -0.2) is 25.2 Å². The molecule has 2 aromatic rings. The van der Waals surface area contributed by atoms with Crippen LogP contribution in [0.3, 0.4) is 0 Å². The molecule has 0 radical (unpaired) electrons. The van der Waals surface area contributed by atoms with Gasteiger partial charge >= 0.3 is 0 Å². The SMILES string of the molecule is O=C(Nc1cc2c(cc1Cl)OCCCO2)C1CC(c2ccccc2)NN1. The molecule has 0 saturated carbocycles. The zero-order valence-corrected chi connectivity index (χ0v) is 14.9. The van der Waals surface area contributed by atoms with E-state index in [-0.39, 0.29) is 18.0 Å². The third kappa shape index (κ3) is 3.62. The number of ether oxygens (including phenoxy) is 2. The molecule has 1 fully saturated rings. The van der Waals surface area contributed by atoms with Crippen molar-refractivity contribution in [1.29, 1.82) is 0 Å². The summed E-state index contributed by atoms with van der Waals surface area (Å²) in [5, 5.41) is 3.31. The Bertz CT molecular complexity index is 800. The van der Waals surface area contributed by atoms with Crippen molar-refractivity contribution in [2.24, 2.45) is 0 Å². The van der Waals surface area contributed by atoms with Crippen LogP contribution in [0.1, 0.15) is 24.4 Å². The van der Waals surface area contributed by atoms with Gasteiger partial charge in [-0.3, -0.25) is 4.79 Å². The van der Waals surface area contributed by atoms with Crippen molar-refractivity contribution in [3.05, 3.63) is 53.1 Å². The zero-order chi connectivity index (χ0) is 17.9. The molecular weight excluding hydrogens is 354 g/mol. The second kappa shape index (κ2) is 7.53. The average Bonchev–Trinajstić information content (AvgIpc) is 3.05. The van der Waals surface area contributed by atoms with Crippen molar-refractivity contribution in [2.45, 2.75) is 24.9 Å². The quantitative estimate of drug-likeness (QED) is 0.771. The number of amides is 1. The van der Waals surface area contributed by atoms with Crippen molar-refractivity contribution < 1.29 is 14.3 Å². The van der Waals surface area contributed by atoms with Crippen LogP contribution >= 0.6 is 11.6 Å². The van der Waals surface area contributed by atoms with Crippen molar-refractivity contribution >= 4 is 23.2 Å². The molecule has 7 heteroatoms. The van der Waals surface area contributed by atoms with Crippen LogP contribution in [0.2, 0.25) is 5.02 Å². The lowest BCUT2D eigenvalue weighted by atomic mass is 10.0. The van der Waals surface area contributed by atoms with Crippen molar-refractivity contribution in [3.63, 3.8) is 0 Å². The molecule has 2 unspecified atom stereocenters. The molecule has 6 nitrogen and oxygen atoms in total. The number of benzene rings is 2. The van der Waals surface area contributed by atoms with Crippen LogP contribution in [-0.2, 0) is 4.79 Å². The highest BCUT2D eigenvalue weighted by atomic mass is 35.5. The van der Waals surface area contributed by atoms with Gasteiger partial charge in [0.2, 0.25) is 5.91 Å². The monoisotopic (exact) mass is 373 g/mol. The highest BCUT2D eigenvalue weighted by Crippen LogP contribution is 2.38. The zero-order valence-electron chi connectivity index (χ0n) is 14.1. The molecule has 2 aromatic carbocycles. The van der Waals surface area contributed by atoms with Gasteiger partial charge in [-0.15, -0.1) is 0 Å². The summed E-state index contributed by atoms with van der Waals surface area (Å²) in [6.07, 6.45) is 1.46. The Balaban J connectivity index is 1.44. The summed E-state index contributed by atoms with van der Waals surface area (Å²) in [5.41, 5.74) is 7.89. The summed E-state index contributed by atoms with van der Waals surface area (Å²) in [7, 11) is 0. The first-order valence-electron chi connectivity index (χ1n) is 8.67. The van der Waals surface area contributed by atoms with E-state index in [9.17, 15) is 4.79 Å². The molecule has 2 aliphatic heterocycles. The lowest BCUT2D eigenvalue weighted by Crippen LogP contribution is -2.39. The van der Waals surface area contributed by atoms with Crippen LogP contribution in [0.15, 0.2) is 42.5 Å². The first-order chi connectivity index (χ1) is 12.7. The Kier molecular flexibility index (Phi) is 4.97. The predicted molar refractivity (Wildman–Crippen MR) is 99.5 cm³/mol. The number of nitrogens with one attached hydrogen (secondary N) is 3. The highest BCUT2D eigenvalue weighted by molar-refractivity contribution is 6.34. The average molecular weight is 374 g/mol. The van der Waals surface area contributed by atoms with Crippen LogP contribution < -0.4 is 25.6 Å². The first-order valence-corrected chi connectivity index (χ1v) is 9.04. The minimum Gasteiger partial charge on any atom is -0.490 e. The fourth-order valence-electron chi connectivity index (χ4n) is 3.13. The van der Waals surface area contributed by atoms with Crippen molar-refractivity contribution in [1.82, 2.24) is 10.9 Å². The standard InChI is InChI=1S/C19H20ClN3O3/c20-13-9-17-18(26-8-4-7-25-17)11-15(13)21-19(24)16-10-14(22-23-16)12-5-2-1-3-6-12/h1-3,5-6,9,11,14,16,22-23H,4,7-8,10H2,(H,21,24). The number of carbonyl (C=O) groups is 1. The maximum Gasteiger partial charge on any atom is 0.242 e. The van der Waals surface area contributed by atoms with Gasteiger partial charge in [0, 0.05) is 24.6 Å². The second-order valence-corrected chi connectivity index (χ2v) is 6.77. The minimum absolute atomic E-state index is 0.0891. The molecule has 0 aliphatic carbocycles. The molecule has 2 atom stereocenters. The molecule has 3 N–H and O–H groups in total. The number of anilines is 1. The van der Waals surface area contributed by atoms with Gasteiger partial charge in [0.25, 0.3) is 0 Å². The predicted octanol–water partition coefficient (Wildman–Crippen LogP) is 3.05. The Labute approximate surface area is 156 Å². The van der Waals surface area contributed by atoms with Gasteiger partial charge in [0.1, 0.15) is 6.04 Å². The molecule has 2 heterocycles. The Hall–Kier alpha value is -2.28. The number of halogens is 1. The van der Waals surface area contributed by atoms with E-state index in [2.05, 4.69) is 16.2 Å². The number of rotatable bonds is 3. The van der Waals surface area contributed by atoms with Crippen LogP contribution in [0.4, 0.5) is 5.69 Å². The molecule has 4 rings (SSSR count). The van der Waals surface area contributed by atoms with Gasteiger partial charge in [-0.25, -0.2) is 10.9 Å². The lowest BCUT2D eigenvalue weighted by Gasteiger charge is -2.14. The molecule has 0 spiro atoms. The number of carbonyl (C=O) groups excluding carboxylic acids is 1. The third-order valence-corrected chi connectivity index (χ3v) is 4.83. The Morgan fingerprint density at radius 1 is 1.08 bits per heavy atom. The van der Waals surface area contributed by atoms with Gasteiger partial charge in [-0.1, -0.05) is 41.9 Å². The van der Waals surface area contributed by atoms with E-state index in [4.69, 9.17) is 21.1 Å². The van der Waals surface area contributed by atoms with E-state index in [1.165, 1.54) is 0 Å². The number of hydrogen-bond donors (Lipinski definition) is 3. The second-order valence-electron chi connectivity index (χ2n) is 6.36. The van der Waals surface area contributed by atoms with Gasteiger partial charge in [0.05, 0.1) is 23.9 Å². The maximum absolute atomic E-state index is 12.6. The Morgan fingerprint density at radius 2 is 1.81 bits per heavy atom. The molecule has 26 heavy (non-hydrogen) atoms. The summed E-state index contributed by atoms with van der Waals surface area (Å²) in [5.74, 6) is 1.06. The topological polar surface area (TPSA) is 71.6 Å². The van der Waals surface area contributed by atoms with Gasteiger partial charge in [-0.05, 0) is 12.0 Å². The molecule has 1 amide bonds. The smallest absolute Gasteiger partial charge is 0.242 e.